The molecule has 0 N–H and O–H groups in total. The predicted molar refractivity (Wildman–Crippen MR) is 72.9 cm³/mol. The van der Waals surface area contributed by atoms with Crippen molar-refractivity contribution in [2.45, 2.75) is 91.1 Å². The molecule has 0 aromatic heterocycles. The second-order valence-electron chi connectivity index (χ2n) is 4.94. The summed E-state index contributed by atoms with van der Waals surface area (Å²) in [7, 11) is 0. The molecule has 16 heavy (non-hydrogen) atoms. The van der Waals surface area contributed by atoms with Crippen LogP contribution in [0.3, 0.4) is 0 Å². The highest BCUT2D eigenvalue weighted by Gasteiger charge is 2.00. The van der Waals surface area contributed by atoms with Gasteiger partial charge in [-0.15, -0.1) is 0 Å². The first kappa shape index (κ1) is 16.0. The van der Waals surface area contributed by atoms with Crippen molar-refractivity contribution in [1.29, 1.82) is 0 Å². The van der Waals surface area contributed by atoms with Crippen LogP contribution in [-0.2, 0) is 4.74 Å². The fraction of sp³-hybridized carbons (Fsp3) is 1.00. The van der Waals surface area contributed by atoms with Crippen molar-refractivity contribution in [1.82, 2.24) is 0 Å². The van der Waals surface area contributed by atoms with Crippen LogP contribution in [-0.4, -0.2) is 12.7 Å². The summed E-state index contributed by atoms with van der Waals surface area (Å²) in [5.41, 5.74) is 0. The van der Waals surface area contributed by atoms with Crippen LogP contribution in [0.15, 0.2) is 0 Å². The molecule has 0 aliphatic carbocycles. The Morgan fingerprint density at radius 1 is 0.750 bits per heavy atom. The summed E-state index contributed by atoms with van der Waals surface area (Å²) < 4.78 is 5.77. The first-order valence-corrected chi connectivity index (χ1v) is 7.42. The van der Waals surface area contributed by atoms with Crippen LogP contribution in [0.4, 0.5) is 0 Å². The molecule has 0 aliphatic heterocycles. The van der Waals surface area contributed by atoms with Gasteiger partial charge in [0.15, 0.2) is 0 Å². The molecule has 1 atom stereocenters. The van der Waals surface area contributed by atoms with Crippen LogP contribution >= 0.6 is 0 Å². The Balaban J connectivity index is 3.02. The fourth-order valence-corrected chi connectivity index (χ4v) is 1.92. The largest absolute Gasteiger partial charge is 0.379 e. The van der Waals surface area contributed by atoms with E-state index in [1.807, 2.05) is 0 Å². The Labute approximate surface area is 103 Å². The molecule has 0 bridgehead atoms. The number of ether oxygens (including phenoxy) is 1. The zero-order valence-electron chi connectivity index (χ0n) is 11.8. The van der Waals surface area contributed by atoms with E-state index in [0.29, 0.717) is 6.10 Å². The Morgan fingerprint density at radius 3 is 1.94 bits per heavy atom. The summed E-state index contributed by atoms with van der Waals surface area (Å²) in [6, 6.07) is 0. The summed E-state index contributed by atoms with van der Waals surface area (Å²) in [5.74, 6) is 0. The van der Waals surface area contributed by atoms with Gasteiger partial charge < -0.3 is 4.74 Å². The highest BCUT2D eigenvalue weighted by molar-refractivity contribution is 4.50. The fourth-order valence-electron chi connectivity index (χ4n) is 1.92. The van der Waals surface area contributed by atoms with Gasteiger partial charge in [-0.1, -0.05) is 65.2 Å². The zero-order valence-corrected chi connectivity index (χ0v) is 11.8. The molecule has 0 saturated heterocycles. The molecule has 98 valence electrons. The Morgan fingerprint density at radius 2 is 1.31 bits per heavy atom. The molecule has 0 saturated carbocycles. The van der Waals surface area contributed by atoms with E-state index in [-0.39, 0.29) is 0 Å². The van der Waals surface area contributed by atoms with E-state index < -0.39 is 0 Å². The van der Waals surface area contributed by atoms with Gasteiger partial charge in [-0.05, 0) is 19.8 Å². The molecule has 0 aromatic carbocycles. The van der Waals surface area contributed by atoms with Gasteiger partial charge in [0, 0.05) is 6.61 Å². The second kappa shape index (κ2) is 13.0. The molecular formula is C15H32O. The van der Waals surface area contributed by atoms with Gasteiger partial charge in [-0.25, -0.2) is 0 Å². The van der Waals surface area contributed by atoms with Gasteiger partial charge in [0.05, 0.1) is 6.10 Å². The Kier molecular flexibility index (Phi) is 13.0. The second-order valence-corrected chi connectivity index (χ2v) is 4.94. The molecule has 1 unspecified atom stereocenters. The van der Waals surface area contributed by atoms with Crippen molar-refractivity contribution < 1.29 is 4.74 Å². The van der Waals surface area contributed by atoms with E-state index in [1.165, 1.54) is 64.2 Å². The van der Waals surface area contributed by atoms with Crippen LogP contribution in [0.5, 0.6) is 0 Å². The molecule has 0 spiro atoms. The van der Waals surface area contributed by atoms with Crippen LogP contribution in [0.25, 0.3) is 0 Å². The topological polar surface area (TPSA) is 9.23 Å². The third kappa shape index (κ3) is 12.0. The summed E-state index contributed by atoms with van der Waals surface area (Å²) in [5, 5.41) is 0. The van der Waals surface area contributed by atoms with E-state index in [4.69, 9.17) is 4.74 Å². The number of hydrogen-bond acceptors (Lipinski definition) is 1. The summed E-state index contributed by atoms with van der Waals surface area (Å²) in [6.07, 6.45) is 13.9. The van der Waals surface area contributed by atoms with Crippen molar-refractivity contribution in [3.63, 3.8) is 0 Å². The van der Waals surface area contributed by atoms with Gasteiger partial charge in [-0.2, -0.15) is 0 Å². The van der Waals surface area contributed by atoms with Crippen LogP contribution in [0, 0.1) is 0 Å². The third-order valence-corrected chi connectivity index (χ3v) is 3.11. The number of rotatable bonds is 12. The molecule has 1 nitrogen and oxygen atoms in total. The maximum absolute atomic E-state index is 5.77. The van der Waals surface area contributed by atoms with Crippen molar-refractivity contribution in [2.24, 2.45) is 0 Å². The zero-order chi connectivity index (χ0) is 12.1. The van der Waals surface area contributed by atoms with E-state index in [0.717, 1.165) is 6.61 Å². The minimum Gasteiger partial charge on any atom is -0.379 e. The van der Waals surface area contributed by atoms with Gasteiger partial charge in [0.1, 0.15) is 0 Å². The lowest BCUT2D eigenvalue weighted by Gasteiger charge is -2.12. The maximum Gasteiger partial charge on any atom is 0.0547 e. The van der Waals surface area contributed by atoms with Crippen molar-refractivity contribution in [3.05, 3.63) is 0 Å². The van der Waals surface area contributed by atoms with E-state index in [2.05, 4.69) is 20.8 Å². The molecule has 0 rings (SSSR count). The molecule has 0 radical (unpaired) electrons. The molecule has 0 aliphatic rings. The average Bonchev–Trinajstić information content (AvgIpc) is 2.30. The number of hydrogen-bond donors (Lipinski definition) is 0. The van der Waals surface area contributed by atoms with Gasteiger partial charge in [-0.3, -0.25) is 0 Å². The first-order valence-electron chi connectivity index (χ1n) is 7.42. The minimum atomic E-state index is 0.472. The molecule has 0 fully saturated rings. The molecule has 1 heteroatoms. The smallest absolute Gasteiger partial charge is 0.0547 e. The average molecular weight is 228 g/mol. The molecule has 0 aromatic rings. The van der Waals surface area contributed by atoms with Crippen LogP contribution in [0.2, 0.25) is 0 Å². The predicted octanol–water partition coefficient (Wildman–Crippen LogP) is 5.33. The lowest BCUT2D eigenvalue weighted by atomic mass is 10.1. The Hall–Kier alpha value is -0.0400. The van der Waals surface area contributed by atoms with Gasteiger partial charge in [0.2, 0.25) is 0 Å². The van der Waals surface area contributed by atoms with Crippen LogP contribution in [0.1, 0.15) is 85.0 Å². The lowest BCUT2D eigenvalue weighted by molar-refractivity contribution is 0.0560. The molecular weight excluding hydrogens is 196 g/mol. The third-order valence-electron chi connectivity index (χ3n) is 3.11. The van der Waals surface area contributed by atoms with Crippen LogP contribution < -0.4 is 0 Å². The van der Waals surface area contributed by atoms with E-state index in [9.17, 15) is 0 Å². The van der Waals surface area contributed by atoms with E-state index >= 15 is 0 Å². The summed E-state index contributed by atoms with van der Waals surface area (Å²) >= 11 is 0. The van der Waals surface area contributed by atoms with E-state index in [1.54, 1.807) is 0 Å². The first-order chi connectivity index (χ1) is 7.81. The number of unbranched alkanes of at least 4 members (excludes halogenated alkanes) is 7. The lowest BCUT2D eigenvalue weighted by Crippen LogP contribution is -2.08. The standard InChI is InChI=1S/C15H32O/c1-4-6-8-9-10-11-12-14-16-15(3)13-7-5-2/h15H,4-14H2,1-3H3. The normalized spacial score (nSPS) is 12.9. The molecule has 0 amide bonds. The van der Waals surface area contributed by atoms with Crippen molar-refractivity contribution in [2.75, 3.05) is 6.61 Å². The minimum absolute atomic E-state index is 0.472. The molecule has 0 heterocycles. The highest BCUT2D eigenvalue weighted by Crippen LogP contribution is 2.08. The highest BCUT2D eigenvalue weighted by atomic mass is 16.5. The Bertz CT molecular complexity index is 123. The van der Waals surface area contributed by atoms with Crippen molar-refractivity contribution >= 4 is 0 Å². The summed E-state index contributed by atoms with van der Waals surface area (Å²) in [6.45, 7) is 7.68. The van der Waals surface area contributed by atoms with Crippen molar-refractivity contribution in [3.8, 4) is 0 Å². The van der Waals surface area contributed by atoms with Gasteiger partial charge >= 0.3 is 0 Å². The SMILES string of the molecule is CCCCCCCCCOC(C)CCCC. The van der Waals surface area contributed by atoms with Gasteiger partial charge in [0.25, 0.3) is 0 Å². The summed E-state index contributed by atoms with van der Waals surface area (Å²) in [4.78, 5) is 0. The monoisotopic (exact) mass is 228 g/mol. The quantitative estimate of drug-likeness (QED) is 0.410. The maximum atomic E-state index is 5.77.